The molecule has 0 aliphatic carbocycles. The highest BCUT2D eigenvalue weighted by Crippen LogP contribution is 2.23. The molecule has 3 rings (SSSR count). The number of rotatable bonds is 2. The molecule has 1 N–H and O–H groups in total. The molecule has 6 heteroatoms. The highest BCUT2D eigenvalue weighted by atomic mass is 35.5. The van der Waals surface area contributed by atoms with Crippen LogP contribution in [-0.4, -0.2) is 17.8 Å². The molecule has 5 nitrogen and oxygen atoms in total. The molecule has 0 aromatic heterocycles. The zero-order valence-electron chi connectivity index (χ0n) is 12.7. The Morgan fingerprint density at radius 2 is 1.75 bits per heavy atom. The fourth-order valence-corrected chi connectivity index (χ4v) is 2.51. The van der Waals surface area contributed by atoms with Crippen molar-refractivity contribution < 1.29 is 14.4 Å². The second-order valence-corrected chi connectivity index (χ2v) is 5.78. The topological polar surface area (TPSA) is 66.5 Å². The quantitative estimate of drug-likeness (QED) is 0.673. The Morgan fingerprint density at radius 1 is 1.04 bits per heavy atom. The van der Waals surface area contributed by atoms with E-state index in [0.29, 0.717) is 16.3 Å². The molecule has 1 saturated heterocycles. The lowest BCUT2D eigenvalue weighted by Gasteiger charge is -2.26. The van der Waals surface area contributed by atoms with Gasteiger partial charge in [-0.25, -0.2) is 9.69 Å². The maximum Gasteiger partial charge on any atom is 0.335 e. The van der Waals surface area contributed by atoms with Crippen LogP contribution in [0.4, 0.5) is 10.5 Å². The summed E-state index contributed by atoms with van der Waals surface area (Å²) < 4.78 is 0. The van der Waals surface area contributed by atoms with Crippen molar-refractivity contribution >= 4 is 41.2 Å². The van der Waals surface area contributed by atoms with Gasteiger partial charge in [0.25, 0.3) is 11.8 Å². The third kappa shape index (κ3) is 3.07. The van der Waals surface area contributed by atoms with Crippen molar-refractivity contribution in [3.63, 3.8) is 0 Å². The van der Waals surface area contributed by atoms with Crippen LogP contribution in [0, 0.1) is 6.92 Å². The molecule has 1 aliphatic rings. The van der Waals surface area contributed by atoms with Gasteiger partial charge in [0.15, 0.2) is 0 Å². The normalized spacial score (nSPS) is 16.5. The van der Waals surface area contributed by atoms with Gasteiger partial charge in [-0.1, -0.05) is 35.9 Å². The van der Waals surface area contributed by atoms with Crippen molar-refractivity contribution in [3.05, 3.63) is 70.3 Å². The number of halogens is 1. The summed E-state index contributed by atoms with van der Waals surface area (Å²) in [5.74, 6) is -1.38. The summed E-state index contributed by atoms with van der Waals surface area (Å²) in [6.07, 6.45) is 1.43. The Balaban J connectivity index is 2.01. The maximum atomic E-state index is 12.7. The first-order valence-corrected chi connectivity index (χ1v) is 7.57. The number of carbonyl (C=O) groups excluding carboxylic acids is 3. The smallest absolute Gasteiger partial charge is 0.273 e. The zero-order chi connectivity index (χ0) is 17.3. The number of barbiturate groups is 1. The predicted octanol–water partition coefficient (Wildman–Crippen LogP) is 3.31. The van der Waals surface area contributed by atoms with Crippen LogP contribution in [0.25, 0.3) is 6.08 Å². The van der Waals surface area contributed by atoms with Crippen molar-refractivity contribution in [2.75, 3.05) is 4.90 Å². The first kappa shape index (κ1) is 16.0. The fourth-order valence-electron chi connectivity index (χ4n) is 2.38. The molecule has 0 atom stereocenters. The standard InChI is InChI=1S/C18H13ClN2O3/c1-11-3-2-4-14(9-11)21-17(23)15(16(22)20-18(21)24)10-12-5-7-13(19)8-6-12/h2-10H,1H3,(H,20,22,24)/b15-10+. The molecule has 1 aliphatic heterocycles. The second-order valence-electron chi connectivity index (χ2n) is 5.35. The Morgan fingerprint density at radius 3 is 2.42 bits per heavy atom. The van der Waals surface area contributed by atoms with Crippen LogP contribution >= 0.6 is 11.6 Å². The van der Waals surface area contributed by atoms with Gasteiger partial charge in [0, 0.05) is 5.02 Å². The lowest BCUT2D eigenvalue weighted by atomic mass is 10.1. The van der Waals surface area contributed by atoms with Crippen LogP contribution in [0.2, 0.25) is 5.02 Å². The van der Waals surface area contributed by atoms with Crippen molar-refractivity contribution in [1.29, 1.82) is 0 Å². The van der Waals surface area contributed by atoms with E-state index in [9.17, 15) is 14.4 Å². The van der Waals surface area contributed by atoms with E-state index in [2.05, 4.69) is 5.32 Å². The van der Waals surface area contributed by atoms with Crippen LogP contribution in [0.15, 0.2) is 54.1 Å². The number of hydrogen-bond acceptors (Lipinski definition) is 3. The summed E-state index contributed by atoms with van der Waals surface area (Å²) in [6.45, 7) is 1.85. The number of benzene rings is 2. The van der Waals surface area contributed by atoms with Crippen LogP contribution in [0.1, 0.15) is 11.1 Å². The third-order valence-corrected chi connectivity index (χ3v) is 3.79. The summed E-state index contributed by atoms with van der Waals surface area (Å²) in [7, 11) is 0. The van der Waals surface area contributed by atoms with E-state index >= 15 is 0 Å². The molecule has 1 fully saturated rings. The van der Waals surface area contributed by atoms with E-state index in [0.717, 1.165) is 10.5 Å². The number of anilines is 1. The van der Waals surface area contributed by atoms with Crippen LogP contribution in [0.3, 0.4) is 0 Å². The summed E-state index contributed by atoms with van der Waals surface area (Å²) in [5.41, 5.74) is 1.83. The fraction of sp³-hybridized carbons (Fsp3) is 0.0556. The van der Waals surface area contributed by atoms with Crippen molar-refractivity contribution in [1.82, 2.24) is 5.32 Å². The molecule has 4 amide bonds. The molecule has 120 valence electrons. The van der Waals surface area contributed by atoms with Gasteiger partial charge in [-0.2, -0.15) is 0 Å². The SMILES string of the molecule is Cc1cccc(N2C(=O)NC(=O)/C(=C\c3ccc(Cl)cc3)C2=O)c1. The summed E-state index contributed by atoms with van der Waals surface area (Å²) in [5, 5.41) is 2.74. The van der Waals surface area contributed by atoms with Gasteiger partial charge in [0.2, 0.25) is 0 Å². The van der Waals surface area contributed by atoms with Crippen molar-refractivity contribution in [3.8, 4) is 0 Å². The van der Waals surface area contributed by atoms with E-state index in [1.165, 1.54) is 6.08 Å². The Bertz CT molecular complexity index is 872. The predicted molar refractivity (Wildman–Crippen MR) is 91.6 cm³/mol. The number of amides is 4. The lowest BCUT2D eigenvalue weighted by molar-refractivity contribution is -0.122. The van der Waals surface area contributed by atoms with Gasteiger partial charge in [-0.3, -0.25) is 14.9 Å². The number of urea groups is 1. The highest BCUT2D eigenvalue weighted by molar-refractivity contribution is 6.39. The van der Waals surface area contributed by atoms with Gasteiger partial charge in [0.1, 0.15) is 5.57 Å². The molecular weight excluding hydrogens is 328 g/mol. The molecule has 0 spiro atoms. The molecule has 0 unspecified atom stereocenters. The molecule has 2 aromatic rings. The van der Waals surface area contributed by atoms with E-state index in [1.807, 2.05) is 13.0 Å². The lowest BCUT2D eigenvalue weighted by Crippen LogP contribution is -2.54. The van der Waals surface area contributed by atoms with Crippen molar-refractivity contribution in [2.24, 2.45) is 0 Å². The van der Waals surface area contributed by atoms with Gasteiger partial charge in [-0.05, 0) is 48.4 Å². The first-order chi connectivity index (χ1) is 11.5. The minimum absolute atomic E-state index is 0.113. The summed E-state index contributed by atoms with van der Waals surface area (Å²) >= 11 is 5.83. The molecule has 0 radical (unpaired) electrons. The van der Waals surface area contributed by atoms with Crippen LogP contribution in [-0.2, 0) is 9.59 Å². The number of imide groups is 2. The molecule has 0 saturated carbocycles. The minimum atomic E-state index is -0.760. The Kier molecular flexibility index (Phi) is 4.18. The Hall–Kier alpha value is -2.92. The van der Waals surface area contributed by atoms with Crippen molar-refractivity contribution in [2.45, 2.75) is 6.92 Å². The minimum Gasteiger partial charge on any atom is -0.273 e. The van der Waals surface area contributed by atoms with Crippen LogP contribution < -0.4 is 10.2 Å². The summed E-state index contributed by atoms with van der Waals surface area (Å²) in [6, 6.07) is 12.9. The van der Waals surface area contributed by atoms with Crippen LogP contribution in [0.5, 0.6) is 0 Å². The zero-order valence-corrected chi connectivity index (χ0v) is 13.5. The maximum absolute atomic E-state index is 12.7. The largest absolute Gasteiger partial charge is 0.335 e. The number of nitrogens with zero attached hydrogens (tertiary/aromatic N) is 1. The highest BCUT2D eigenvalue weighted by Gasteiger charge is 2.36. The van der Waals surface area contributed by atoms with Gasteiger partial charge < -0.3 is 0 Å². The monoisotopic (exact) mass is 340 g/mol. The second kappa shape index (κ2) is 6.29. The summed E-state index contributed by atoms with van der Waals surface area (Å²) in [4.78, 5) is 37.8. The Labute approximate surface area is 143 Å². The number of aryl methyl sites for hydroxylation is 1. The van der Waals surface area contributed by atoms with Gasteiger partial charge in [-0.15, -0.1) is 0 Å². The molecule has 2 aromatic carbocycles. The number of nitrogens with one attached hydrogen (secondary N) is 1. The average molecular weight is 341 g/mol. The molecule has 1 heterocycles. The number of hydrogen-bond donors (Lipinski definition) is 1. The third-order valence-electron chi connectivity index (χ3n) is 3.54. The number of carbonyl (C=O) groups is 3. The molecule has 24 heavy (non-hydrogen) atoms. The molecular formula is C18H13ClN2O3. The molecule has 0 bridgehead atoms. The van der Waals surface area contributed by atoms with Gasteiger partial charge in [0.05, 0.1) is 5.69 Å². The average Bonchev–Trinajstić information content (AvgIpc) is 2.53. The first-order valence-electron chi connectivity index (χ1n) is 7.19. The van der Waals surface area contributed by atoms with E-state index in [4.69, 9.17) is 11.6 Å². The van der Waals surface area contributed by atoms with E-state index in [1.54, 1.807) is 42.5 Å². The van der Waals surface area contributed by atoms with Gasteiger partial charge >= 0.3 is 6.03 Å². The van der Waals surface area contributed by atoms with E-state index < -0.39 is 17.8 Å². The van der Waals surface area contributed by atoms with E-state index in [-0.39, 0.29) is 5.57 Å².